The first-order chi connectivity index (χ1) is 15.6. The number of rotatable bonds is 4. The van der Waals surface area contributed by atoms with Gasteiger partial charge in [0.1, 0.15) is 0 Å². The highest BCUT2D eigenvalue weighted by Crippen LogP contribution is 2.24. The predicted molar refractivity (Wildman–Crippen MR) is 127 cm³/mol. The Morgan fingerprint density at radius 3 is 2.44 bits per heavy atom. The van der Waals surface area contributed by atoms with E-state index in [0.717, 1.165) is 42.7 Å². The van der Waals surface area contributed by atoms with Gasteiger partial charge in [0.25, 0.3) is 5.56 Å². The van der Waals surface area contributed by atoms with Crippen molar-refractivity contribution in [2.75, 3.05) is 18.8 Å². The normalized spacial score (nSPS) is 14.7. The third-order valence-electron chi connectivity index (χ3n) is 5.97. The highest BCUT2D eigenvalue weighted by Gasteiger charge is 2.20. The zero-order chi connectivity index (χ0) is 22.1. The molecule has 1 amide bonds. The maximum atomic E-state index is 13.4. The standard InChI is InChI=1S/C24H25N5O2S/c1-17-10-12-18(13-11-17)28-22(31)19-8-4-5-9-20(19)29-23(28)25-26-24(29)32-16-21(30)27-14-6-2-3-7-15-27/h4-5,8-13H,2-3,6-7,14-16H2,1H3. The molecule has 0 saturated carbocycles. The number of aryl methyl sites for hydroxylation is 1. The number of fused-ring (bicyclic) bond motifs is 3. The van der Waals surface area contributed by atoms with Crippen LogP contribution in [0.3, 0.4) is 0 Å². The van der Waals surface area contributed by atoms with Crippen molar-refractivity contribution < 1.29 is 4.79 Å². The second-order valence-electron chi connectivity index (χ2n) is 8.19. The van der Waals surface area contributed by atoms with Crippen LogP contribution in [-0.2, 0) is 4.79 Å². The van der Waals surface area contributed by atoms with E-state index in [9.17, 15) is 9.59 Å². The SMILES string of the molecule is Cc1ccc(-n2c(=O)c3ccccc3n3c(SCC(=O)N4CCCCCC4)nnc23)cc1. The first-order valence-corrected chi connectivity index (χ1v) is 12.0. The number of para-hydroxylation sites is 1. The third kappa shape index (κ3) is 3.79. The minimum absolute atomic E-state index is 0.129. The Balaban J connectivity index is 1.57. The van der Waals surface area contributed by atoms with E-state index in [1.54, 1.807) is 4.57 Å². The molecule has 2 aromatic carbocycles. The number of benzene rings is 2. The lowest BCUT2D eigenvalue weighted by atomic mass is 10.2. The summed E-state index contributed by atoms with van der Waals surface area (Å²) < 4.78 is 3.48. The molecule has 0 N–H and O–H groups in total. The van der Waals surface area contributed by atoms with Gasteiger partial charge in [0, 0.05) is 13.1 Å². The Morgan fingerprint density at radius 2 is 1.69 bits per heavy atom. The van der Waals surface area contributed by atoms with Crippen LogP contribution in [0, 0.1) is 6.92 Å². The van der Waals surface area contributed by atoms with Crippen LogP contribution in [0.2, 0.25) is 0 Å². The Kier molecular flexibility index (Phi) is 5.70. The highest BCUT2D eigenvalue weighted by molar-refractivity contribution is 7.99. The molecule has 2 aromatic heterocycles. The van der Waals surface area contributed by atoms with E-state index < -0.39 is 0 Å². The fraction of sp³-hybridized carbons (Fsp3) is 0.333. The number of amides is 1. The summed E-state index contributed by atoms with van der Waals surface area (Å²) in [6.07, 6.45) is 4.51. The molecule has 1 saturated heterocycles. The minimum atomic E-state index is -0.137. The summed E-state index contributed by atoms with van der Waals surface area (Å²) in [7, 11) is 0. The molecule has 0 unspecified atom stereocenters. The molecule has 5 rings (SSSR count). The smallest absolute Gasteiger partial charge is 0.267 e. The molecule has 164 valence electrons. The summed E-state index contributed by atoms with van der Waals surface area (Å²) >= 11 is 1.37. The van der Waals surface area contributed by atoms with Crippen molar-refractivity contribution in [2.24, 2.45) is 0 Å². The van der Waals surface area contributed by atoms with Crippen molar-refractivity contribution in [1.29, 1.82) is 0 Å². The maximum Gasteiger partial charge on any atom is 0.267 e. The summed E-state index contributed by atoms with van der Waals surface area (Å²) in [6.45, 7) is 3.67. The van der Waals surface area contributed by atoms with Crippen LogP contribution >= 0.6 is 11.8 Å². The van der Waals surface area contributed by atoms with Crippen LogP contribution in [-0.4, -0.2) is 48.8 Å². The second kappa shape index (κ2) is 8.78. The quantitative estimate of drug-likeness (QED) is 0.445. The van der Waals surface area contributed by atoms with Crippen LogP contribution in [0.25, 0.3) is 22.4 Å². The number of carbonyl (C=O) groups excluding carboxylic acids is 1. The molecule has 32 heavy (non-hydrogen) atoms. The zero-order valence-electron chi connectivity index (χ0n) is 18.0. The molecule has 7 nitrogen and oxygen atoms in total. The van der Waals surface area contributed by atoms with E-state index in [4.69, 9.17) is 0 Å². The van der Waals surface area contributed by atoms with E-state index in [-0.39, 0.29) is 11.5 Å². The van der Waals surface area contributed by atoms with Gasteiger partial charge < -0.3 is 4.90 Å². The van der Waals surface area contributed by atoms with Gasteiger partial charge in [0.15, 0.2) is 5.16 Å². The molecular formula is C24H25N5O2S. The molecule has 8 heteroatoms. The van der Waals surface area contributed by atoms with Gasteiger partial charge in [-0.3, -0.25) is 14.0 Å². The number of hydrogen-bond donors (Lipinski definition) is 0. The lowest BCUT2D eigenvalue weighted by Gasteiger charge is -2.19. The first kappa shape index (κ1) is 20.8. The van der Waals surface area contributed by atoms with Crippen LogP contribution in [0.15, 0.2) is 58.5 Å². The average molecular weight is 448 g/mol. The van der Waals surface area contributed by atoms with E-state index >= 15 is 0 Å². The molecule has 0 bridgehead atoms. The number of carbonyl (C=O) groups is 1. The molecule has 1 aliphatic rings. The molecule has 0 atom stereocenters. The van der Waals surface area contributed by atoms with E-state index in [1.165, 1.54) is 24.6 Å². The lowest BCUT2D eigenvalue weighted by molar-refractivity contribution is -0.128. The van der Waals surface area contributed by atoms with Crippen molar-refractivity contribution in [3.05, 3.63) is 64.4 Å². The van der Waals surface area contributed by atoms with Gasteiger partial charge in [-0.25, -0.2) is 4.57 Å². The molecule has 4 aromatic rings. The van der Waals surface area contributed by atoms with Crippen LogP contribution in [0.4, 0.5) is 0 Å². The summed E-state index contributed by atoms with van der Waals surface area (Å²) in [5.74, 6) is 0.880. The van der Waals surface area contributed by atoms with Gasteiger partial charge in [-0.15, -0.1) is 10.2 Å². The molecule has 0 radical (unpaired) electrons. The number of nitrogens with zero attached hydrogens (tertiary/aromatic N) is 5. The Morgan fingerprint density at radius 1 is 0.969 bits per heavy atom. The number of aromatic nitrogens is 4. The molecule has 1 fully saturated rings. The summed E-state index contributed by atoms with van der Waals surface area (Å²) in [5, 5.41) is 9.93. The molecule has 0 spiro atoms. The zero-order valence-corrected chi connectivity index (χ0v) is 18.8. The maximum absolute atomic E-state index is 13.4. The Bertz CT molecular complexity index is 1330. The van der Waals surface area contributed by atoms with Gasteiger partial charge >= 0.3 is 0 Å². The van der Waals surface area contributed by atoms with Crippen LogP contribution in [0.5, 0.6) is 0 Å². The van der Waals surface area contributed by atoms with Crippen molar-refractivity contribution in [3.8, 4) is 5.69 Å². The molecule has 1 aliphatic heterocycles. The van der Waals surface area contributed by atoms with Crippen molar-refractivity contribution >= 4 is 34.3 Å². The van der Waals surface area contributed by atoms with Gasteiger partial charge in [0.2, 0.25) is 11.7 Å². The van der Waals surface area contributed by atoms with Crippen LogP contribution < -0.4 is 5.56 Å². The van der Waals surface area contributed by atoms with Gasteiger partial charge in [-0.2, -0.15) is 0 Å². The van der Waals surface area contributed by atoms with Gasteiger partial charge in [-0.1, -0.05) is 54.4 Å². The van der Waals surface area contributed by atoms with Gasteiger partial charge in [-0.05, 0) is 44.0 Å². The van der Waals surface area contributed by atoms with E-state index in [2.05, 4.69) is 10.2 Å². The fourth-order valence-corrected chi connectivity index (χ4v) is 5.08. The number of hydrogen-bond acceptors (Lipinski definition) is 5. The van der Waals surface area contributed by atoms with Gasteiger partial charge in [0.05, 0.1) is 22.3 Å². The van der Waals surface area contributed by atoms with Crippen molar-refractivity contribution in [2.45, 2.75) is 37.8 Å². The second-order valence-corrected chi connectivity index (χ2v) is 9.14. The number of likely N-dealkylation sites (tertiary alicyclic amines) is 1. The monoisotopic (exact) mass is 447 g/mol. The summed E-state index contributed by atoms with van der Waals surface area (Å²) in [6, 6.07) is 15.2. The summed E-state index contributed by atoms with van der Waals surface area (Å²) in [4.78, 5) is 28.1. The first-order valence-electron chi connectivity index (χ1n) is 11.0. The van der Waals surface area contributed by atoms with Crippen molar-refractivity contribution in [3.63, 3.8) is 0 Å². The van der Waals surface area contributed by atoms with Crippen molar-refractivity contribution in [1.82, 2.24) is 24.1 Å². The predicted octanol–water partition coefficient (Wildman–Crippen LogP) is 3.84. The molecular weight excluding hydrogens is 422 g/mol. The third-order valence-corrected chi connectivity index (χ3v) is 6.88. The van der Waals surface area contributed by atoms with Crippen LogP contribution in [0.1, 0.15) is 31.2 Å². The summed E-state index contributed by atoms with van der Waals surface area (Å²) in [5.41, 5.74) is 2.46. The fourth-order valence-electron chi connectivity index (χ4n) is 4.24. The lowest BCUT2D eigenvalue weighted by Crippen LogP contribution is -2.33. The topological polar surface area (TPSA) is 72.5 Å². The Labute approximate surface area is 190 Å². The average Bonchev–Trinajstić information content (AvgIpc) is 3.03. The highest BCUT2D eigenvalue weighted by atomic mass is 32.2. The molecule has 0 aliphatic carbocycles. The molecule has 3 heterocycles. The minimum Gasteiger partial charge on any atom is -0.342 e. The largest absolute Gasteiger partial charge is 0.342 e. The Hall–Kier alpha value is -3.13. The van der Waals surface area contributed by atoms with E-state index in [0.29, 0.717) is 22.1 Å². The van der Waals surface area contributed by atoms with E-state index in [1.807, 2.05) is 64.8 Å². The number of thioether (sulfide) groups is 1.